The summed E-state index contributed by atoms with van der Waals surface area (Å²) in [6.45, 7) is 3.99. The summed E-state index contributed by atoms with van der Waals surface area (Å²) >= 11 is 0. The molecule has 1 amide bonds. The number of benzene rings is 1. The number of carbonyl (C=O) groups is 1. The molecule has 0 radical (unpaired) electrons. The zero-order chi connectivity index (χ0) is 18.9. The summed E-state index contributed by atoms with van der Waals surface area (Å²) in [5.74, 6) is 0.209. The maximum absolute atomic E-state index is 13.9. The van der Waals surface area contributed by atoms with Crippen molar-refractivity contribution in [3.8, 4) is 6.07 Å². The molecule has 1 aliphatic rings. The average Bonchev–Trinajstić information content (AvgIpc) is 2.67. The minimum absolute atomic E-state index is 0. The van der Waals surface area contributed by atoms with Gasteiger partial charge in [0.25, 0.3) is 0 Å². The van der Waals surface area contributed by atoms with Crippen LogP contribution in [0, 0.1) is 17.1 Å². The monoisotopic (exact) mass is 489 g/mol. The number of likely N-dealkylation sites (tertiary alicyclic amines) is 1. The van der Waals surface area contributed by atoms with Crippen LogP contribution in [0.15, 0.2) is 23.2 Å². The number of hydrogen-bond donors (Lipinski definition) is 2. The number of guanidine groups is 1. The van der Waals surface area contributed by atoms with Gasteiger partial charge in [-0.25, -0.2) is 14.2 Å². The first kappa shape index (κ1) is 23.0. The van der Waals surface area contributed by atoms with Gasteiger partial charge < -0.3 is 20.3 Å². The molecule has 27 heavy (non-hydrogen) atoms. The van der Waals surface area contributed by atoms with Crippen LogP contribution >= 0.6 is 24.0 Å². The van der Waals surface area contributed by atoms with E-state index in [1.165, 1.54) is 25.3 Å². The molecule has 1 aromatic rings. The predicted octanol–water partition coefficient (Wildman–Crippen LogP) is 2.60. The Morgan fingerprint density at radius 2 is 2.15 bits per heavy atom. The lowest BCUT2D eigenvalue weighted by Gasteiger charge is -2.32. The molecular weight excluding hydrogens is 464 g/mol. The topological polar surface area (TPSA) is 89.8 Å². The minimum atomic E-state index is -0.380. The summed E-state index contributed by atoms with van der Waals surface area (Å²) in [4.78, 5) is 17.6. The van der Waals surface area contributed by atoms with Gasteiger partial charge in [0.05, 0.1) is 25.3 Å². The molecule has 1 saturated heterocycles. The van der Waals surface area contributed by atoms with E-state index in [1.54, 1.807) is 4.90 Å². The number of amides is 1. The van der Waals surface area contributed by atoms with Gasteiger partial charge >= 0.3 is 6.09 Å². The van der Waals surface area contributed by atoms with Crippen molar-refractivity contribution in [3.63, 3.8) is 0 Å². The lowest BCUT2D eigenvalue weighted by atomic mass is 10.1. The van der Waals surface area contributed by atoms with Crippen molar-refractivity contribution in [1.82, 2.24) is 15.5 Å². The van der Waals surface area contributed by atoms with Crippen molar-refractivity contribution in [2.75, 3.05) is 26.7 Å². The highest BCUT2D eigenvalue weighted by Gasteiger charge is 2.23. The standard InChI is InChI=1S/C18H24FN5O2.HI/c1-3-21-17(22-12-14-10-13(11-20)4-5-16(14)19)23-15-6-8-24(9-7-15)18(25)26-2;/h4-5,10,15H,3,6-9,12H2,1-2H3,(H2,21,22,23);1H. The predicted molar refractivity (Wildman–Crippen MR) is 111 cm³/mol. The molecule has 1 fully saturated rings. The van der Waals surface area contributed by atoms with Gasteiger partial charge in [-0.3, -0.25) is 0 Å². The van der Waals surface area contributed by atoms with Gasteiger partial charge in [-0.05, 0) is 38.0 Å². The quantitative estimate of drug-likeness (QED) is 0.386. The number of aliphatic imine (C=N–C) groups is 1. The fourth-order valence-electron chi connectivity index (χ4n) is 2.78. The molecule has 7 nitrogen and oxygen atoms in total. The summed E-state index contributed by atoms with van der Waals surface area (Å²) < 4.78 is 18.6. The van der Waals surface area contributed by atoms with E-state index in [0.29, 0.717) is 36.7 Å². The van der Waals surface area contributed by atoms with E-state index in [2.05, 4.69) is 15.6 Å². The van der Waals surface area contributed by atoms with Crippen LogP contribution in [0.4, 0.5) is 9.18 Å². The van der Waals surface area contributed by atoms with Crippen molar-refractivity contribution in [2.24, 2.45) is 4.99 Å². The van der Waals surface area contributed by atoms with E-state index in [4.69, 9.17) is 10.00 Å². The third kappa shape index (κ3) is 6.86. The van der Waals surface area contributed by atoms with Crippen molar-refractivity contribution in [3.05, 3.63) is 35.1 Å². The van der Waals surface area contributed by atoms with Crippen LogP contribution in [0.2, 0.25) is 0 Å². The number of hydrogen-bond acceptors (Lipinski definition) is 4. The maximum Gasteiger partial charge on any atom is 0.409 e. The summed E-state index contributed by atoms with van der Waals surface area (Å²) in [7, 11) is 1.38. The molecule has 9 heteroatoms. The summed E-state index contributed by atoms with van der Waals surface area (Å²) in [5, 5.41) is 15.4. The Morgan fingerprint density at radius 3 is 2.74 bits per heavy atom. The Bertz CT molecular complexity index is 699. The molecule has 0 aliphatic carbocycles. The normalized spacial score (nSPS) is 14.7. The Hall–Kier alpha value is -2.09. The zero-order valence-corrected chi connectivity index (χ0v) is 17.8. The SMILES string of the molecule is CCNC(=NCc1cc(C#N)ccc1F)NC1CCN(C(=O)OC)CC1.I. The number of ether oxygens (including phenoxy) is 1. The molecule has 2 N–H and O–H groups in total. The highest BCUT2D eigenvalue weighted by Crippen LogP contribution is 2.13. The molecule has 0 spiro atoms. The third-order valence-electron chi connectivity index (χ3n) is 4.20. The van der Waals surface area contributed by atoms with E-state index >= 15 is 0 Å². The van der Waals surface area contributed by atoms with Crippen molar-refractivity contribution < 1.29 is 13.9 Å². The largest absolute Gasteiger partial charge is 0.453 e. The molecule has 1 heterocycles. The van der Waals surface area contributed by atoms with Gasteiger partial charge in [0.2, 0.25) is 0 Å². The maximum atomic E-state index is 13.9. The smallest absolute Gasteiger partial charge is 0.409 e. The summed E-state index contributed by atoms with van der Waals surface area (Å²) in [5.41, 5.74) is 0.784. The van der Waals surface area contributed by atoms with Crippen molar-refractivity contribution >= 4 is 36.0 Å². The van der Waals surface area contributed by atoms with Gasteiger partial charge in [-0.1, -0.05) is 0 Å². The van der Waals surface area contributed by atoms with Crippen LogP contribution in [-0.4, -0.2) is 49.7 Å². The Morgan fingerprint density at radius 1 is 1.44 bits per heavy atom. The van der Waals surface area contributed by atoms with Gasteiger partial charge in [0.15, 0.2) is 5.96 Å². The third-order valence-corrected chi connectivity index (χ3v) is 4.20. The highest BCUT2D eigenvalue weighted by atomic mass is 127. The van der Waals surface area contributed by atoms with Crippen LogP contribution in [0.1, 0.15) is 30.9 Å². The highest BCUT2D eigenvalue weighted by molar-refractivity contribution is 14.0. The second-order valence-electron chi connectivity index (χ2n) is 5.99. The van der Waals surface area contributed by atoms with Crippen LogP contribution in [0.3, 0.4) is 0 Å². The summed E-state index contributed by atoms with van der Waals surface area (Å²) in [6.07, 6.45) is 1.24. The molecular formula is C18H25FIN5O2. The molecule has 0 bridgehead atoms. The second-order valence-corrected chi connectivity index (χ2v) is 5.99. The van der Waals surface area contributed by atoms with Crippen molar-refractivity contribution in [2.45, 2.75) is 32.4 Å². The van der Waals surface area contributed by atoms with Crippen LogP contribution in [0.5, 0.6) is 0 Å². The lowest BCUT2D eigenvalue weighted by Crippen LogP contribution is -2.49. The molecule has 0 saturated carbocycles. The van der Waals surface area contributed by atoms with E-state index < -0.39 is 0 Å². The van der Waals surface area contributed by atoms with E-state index in [9.17, 15) is 9.18 Å². The van der Waals surface area contributed by atoms with Crippen LogP contribution in [0.25, 0.3) is 0 Å². The number of methoxy groups -OCH3 is 1. The average molecular weight is 489 g/mol. The molecule has 0 atom stereocenters. The van der Waals surface area contributed by atoms with Crippen LogP contribution in [-0.2, 0) is 11.3 Å². The van der Waals surface area contributed by atoms with Gasteiger partial charge in [-0.15, -0.1) is 24.0 Å². The summed E-state index contributed by atoms with van der Waals surface area (Å²) in [6, 6.07) is 6.41. The van der Waals surface area contributed by atoms with Gasteiger partial charge in [0.1, 0.15) is 5.82 Å². The van der Waals surface area contributed by atoms with E-state index in [0.717, 1.165) is 12.8 Å². The number of nitrogens with zero attached hydrogens (tertiary/aromatic N) is 3. The lowest BCUT2D eigenvalue weighted by molar-refractivity contribution is 0.111. The first-order valence-electron chi connectivity index (χ1n) is 8.63. The second kappa shape index (κ2) is 11.6. The number of halogens is 2. The van der Waals surface area contributed by atoms with E-state index in [1.807, 2.05) is 13.0 Å². The minimum Gasteiger partial charge on any atom is -0.453 e. The zero-order valence-electron chi connectivity index (χ0n) is 15.5. The number of nitrogens with one attached hydrogen (secondary N) is 2. The molecule has 1 aromatic carbocycles. The Kier molecular flexibility index (Phi) is 9.85. The number of carbonyl (C=O) groups excluding carboxylic acids is 1. The number of rotatable bonds is 4. The van der Waals surface area contributed by atoms with Crippen molar-refractivity contribution in [1.29, 1.82) is 5.26 Å². The Labute approximate surface area is 176 Å². The van der Waals surface area contributed by atoms with Gasteiger partial charge in [-0.2, -0.15) is 5.26 Å². The molecule has 148 valence electrons. The first-order chi connectivity index (χ1) is 12.6. The molecule has 0 aromatic heterocycles. The molecule has 2 rings (SSSR count). The van der Waals surface area contributed by atoms with Crippen LogP contribution < -0.4 is 10.6 Å². The Balaban J connectivity index is 0.00000364. The fourth-order valence-corrected chi connectivity index (χ4v) is 2.78. The van der Waals surface area contributed by atoms with E-state index in [-0.39, 0.29) is 48.5 Å². The number of nitriles is 1. The van der Waals surface area contributed by atoms with Gasteiger partial charge in [0, 0.05) is 31.2 Å². The molecule has 1 aliphatic heterocycles. The number of piperidine rings is 1. The molecule has 0 unspecified atom stereocenters. The first-order valence-corrected chi connectivity index (χ1v) is 8.63. The fraction of sp³-hybridized carbons (Fsp3) is 0.500.